The molecule has 2 fully saturated rings. The van der Waals surface area contributed by atoms with Crippen molar-refractivity contribution >= 4 is 0 Å². The van der Waals surface area contributed by atoms with E-state index in [9.17, 15) is 0 Å². The van der Waals surface area contributed by atoms with Crippen molar-refractivity contribution < 1.29 is 0 Å². The Bertz CT molecular complexity index is 431. The van der Waals surface area contributed by atoms with Gasteiger partial charge in [0.2, 0.25) is 0 Å². The third-order valence-electron chi connectivity index (χ3n) is 5.65. The van der Waals surface area contributed by atoms with Gasteiger partial charge in [-0.1, -0.05) is 49.6 Å². The molecule has 1 spiro atoms. The van der Waals surface area contributed by atoms with Crippen LogP contribution in [0.15, 0.2) is 24.3 Å². The van der Waals surface area contributed by atoms with Gasteiger partial charge in [-0.3, -0.25) is 0 Å². The molecule has 0 aromatic heterocycles. The Labute approximate surface area is 124 Å². The second kappa shape index (κ2) is 5.52. The third kappa shape index (κ3) is 2.53. The summed E-state index contributed by atoms with van der Waals surface area (Å²) >= 11 is 0. The molecule has 1 aromatic rings. The lowest BCUT2D eigenvalue weighted by atomic mass is 9.49. The fourth-order valence-corrected chi connectivity index (χ4v) is 4.71. The second-order valence-corrected chi connectivity index (χ2v) is 7.38. The van der Waals surface area contributed by atoms with Crippen LogP contribution in [0.1, 0.15) is 63.0 Å². The monoisotopic (exact) mass is 271 g/mol. The van der Waals surface area contributed by atoms with E-state index in [1.807, 2.05) is 0 Å². The van der Waals surface area contributed by atoms with E-state index in [4.69, 9.17) is 0 Å². The molecule has 0 radical (unpaired) electrons. The van der Waals surface area contributed by atoms with Crippen molar-refractivity contribution in [2.24, 2.45) is 5.41 Å². The summed E-state index contributed by atoms with van der Waals surface area (Å²) in [5.74, 6) is 0. The number of aryl methyl sites for hydroxylation is 1. The standard InChI is InChI=1S/C19H29N/c1-3-12-20-15-19(17-8-6-16(2)7-9-17)13-18(14-19)10-4-5-11-18/h6-9,20H,3-5,10-15H2,1-2H3. The molecule has 2 aliphatic rings. The molecule has 1 heteroatoms. The Hall–Kier alpha value is -0.820. The van der Waals surface area contributed by atoms with Crippen molar-refractivity contribution in [3.05, 3.63) is 35.4 Å². The van der Waals surface area contributed by atoms with Gasteiger partial charge < -0.3 is 5.32 Å². The van der Waals surface area contributed by atoms with E-state index < -0.39 is 0 Å². The third-order valence-corrected chi connectivity index (χ3v) is 5.65. The largest absolute Gasteiger partial charge is 0.316 e. The molecule has 0 heterocycles. The molecule has 1 N–H and O–H groups in total. The summed E-state index contributed by atoms with van der Waals surface area (Å²) in [4.78, 5) is 0. The summed E-state index contributed by atoms with van der Waals surface area (Å²) in [5.41, 5.74) is 4.08. The van der Waals surface area contributed by atoms with Crippen LogP contribution in [0, 0.1) is 12.3 Å². The Balaban J connectivity index is 1.76. The Morgan fingerprint density at radius 3 is 2.30 bits per heavy atom. The van der Waals surface area contributed by atoms with E-state index in [0.717, 1.165) is 6.54 Å². The van der Waals surface area contributed by atoms with Crippen molar-refractivity contribution in [3.8, 4) is 0 Å². The molecule has 0 amide bonds. The van der Waals surface area contributed by atoms with Crippen molar-refractivity contribution in [2.75, 3.05) is 13.1 Å². The maximum Gasteiger partial charge on any atom is 0.00883 e. The zero-order valence-electron chi connectivity index (χ0n) is 13.2. The van der Waals surface area contributed by atoms with Crippen molar-refractivity contribution in [3.63, 3.8) is 0 Å². The maximum atomic E-state index is 3.70. The van der Waals surface area contributed by atoms with Crippen LogP contribution in [0.4, 0.5) is 0 Å². The average molecular weight is 271 g/mol. The summed E-state index contributed by atoms with van der Waals surface area (Å²) in [6.45, 7) is 6.77. The van der Waals surface area contributed by atoms with Crippen LogP contribution >= 0.6 is 0 Å². The molecule has 3 rings (SSSR count). The van der Waals surface area contributed by atoms with E-state index in [2.05, 4.69) is 43.4 Å². The van der Waals surface area contributed by atoms with Gasteiger partial charge in [-0.05, 0) is 56.6 Å². The first kappa shape index (κ1) is 14.1. The first-order valence-corrected chi connectivity index (χ1v) is 8.46. The lowest BCUT2D eigenvalue weighted by molar-refractivity contribution is 0.0271. The zero-order chi connectivity index (χ0) is 14.1. The molecule has 110 valence electrons. The van der Waals surface area contributed by atoms with E-state index in [1.54, 1.807) is 5.56 Å². The maximum absolute atomic E-state index is 3.70. The minimum absolute atomic E-state index is 0.424. The van der Waals surface area contributed by atoms with Crippen LogP contribution in [-0.2, 0) is 5.41 Å². The van der Waals surface area contributed by atoms with E-state index in [-0.39, 0.29) is 0 Å². The van der Waals surface area contributed by atoms with Gasteiger partial charge in [0.1, 0.15) is 0 Å². The molecule has 0 saturated heterocycles. The fraction of sp³-hybridized carbons (Fsp3) is 0.684. The highest BCUT2D eigenvalue weighted by Crippen LogP contribution is 2.62. The highest BCUT2D eigenvalue weighted by Gasteiger charge is 2.55. The fourth-order valence-electron chi connectivity index (χ4n) is 4.71. The SMILES string of the molecule is CCCNCC1(c2ccc(C)cc2)CC2(CCCC2)C1. The predicted octanol–water partition coefficient (Wildman–Crippen LogP) is 4.59. The van der Waals surface area contributed by atoms with Gasteiger partial charge in [0.05, 0.1) is 0 Å². The van der Waals surface area contributed by atoms with Gasteiger partial charge >= 0.3 is 0 Å². The van der Waals surface area contributed by atoms with Crippen molar-refractivity contribution in [1.29, 1.82) is 0 Å². The number of rotatable bonds is 5. The predicted molar refractivity (Wildman–Crippen MR) is 86.2 cm³/mol. The van der Waals surface area contributed by atoms with Crippen LogP contribution in [0.2, 0.25) is 0 Å². The molecular formula is C19H29N. The van der Waals surface area contributed by atoms with Crippen LogP contribution in [0.25, 0.3) is 0 Å². The Morgan fingerprint density at radius 2 is 1.70 bits per heavy atom. The molecule has 2 aliphatic carbocycles. The second-order valence-electron chi connectivity index (χ2n) is 7.38. The summed E-state index contributed by atoms with van der Waals surface area (Å²) in [6, 6.07) is 9.34. The molecule has 1 aromatic carbocycles. The van der Waals surface area contributed by atoms with Gasteiger partial charge in [-0.15, -0.1) is 0 Å². The molecular weight excluding hydrogens is 242 g/mol. The normalized spacial score (nSPS) is 22.9. The van der Waals surface area contributed by atoms with Crippen LogP contribution in [-0.4, -0.2) is 13.1 Å². The highest BCUT2D eigenvalue weighted by molar-refractivity contribution is 5.34. The van der Waals surface area contributed by atoms with Crippen LogP contribution in [0.3, 0.4) is 0 Å². The van der Waals surface area contributed by atoms with E-state index in [0.29, 0.717) is 10.8 Å². The average Bonchev–Trinajstić information content (AvgIpc) is 2.88. The quantitative estimate of drug-likeness (QED) is 0.773. The van der Waals surface area contributed by atoms with Crippen LogP contribution < -0.4 is 5.32 Å². The van der Waals surface area contributed by atoms with Crippen LogP contribution in [0.5, 0.6) is 0 Å². The van der Waals surface area contributed by atoms with E-state index >= 15 is 0 Å². The topological polar surface area (TPSA) is 12.0 Å². The summed E-state index contributed by atoms with van der Waals surface area (Å²) in [6.07, 6.45) is 9.95. The lowest BCUT2D eigenvalue weighted by Gasteiger charge is -2.56. The number of hydrogen-bond acceptors (Lipinski definition) is 1. The van der Waals surface area contributed by atoms with Gasteiger partial charge in [0.15, 0.2) is 0 Å². The first-order chi connectivity index (χ1) is 9.68. The van der Waals surface area contributed by atoms with Gasteiger partial charge in [-0.25, -0.2) is 0 Å². The van der Waals surface area contributed by atoms with Gasteiger partial charge in [0.25, 0.3) is 0 Å². The zero-order valence-corrected chi connectivity index (χ0v) is 13.2. The van der Waals surface area contributed by atoms with Gasteiger partial charge in [-0.2, -0.15) is 0 Å². The minimum Gasteiger partial charge on any atom is -0.316 e. The molecule has 2 saturated carbocycles. The molecule has 1 nitrogen and oxygen atoms in total. The number of benzene rings is 1. The summed E-state index contributed by atoms with van der Waals surface area (Å²) < 4.78 is 0. The highest BCUT2D eigenvalue weighted by atomic mass is 14.9. The Kier molecular flexibility index (Phi) is 3.90. The minimum atomic E-state index is 0.424. The first-order valence-electron chi connectivity index (χ1n) is 8.46. The number of nitrogens with one attached hydrogen (secondary N) is 1. The van der Waals surface area contributed by atoms with Crippen molar-refractivity contribution in [2.45, 2.75) is 64.2 Å². The molecule has 20 heavy (non-hydrogen) atoms. The van der Waals surface area contributed by atoms with Gasteiger partial charge in [0, 0.05) is 12.0 Å². The molecule has 0 bridgehead atoms. The smallest absolute Gasteiger partial charge is 0.00883 e. The van der Waals surface area contributed by atoms with E-state index in [1.165, 1.54) is 57.1 Å². The molecule has 0 aliphatic heterocycles. The summed E-state index contributed by atoms with van der Waals surface area (Å²) in [5, 5.41) is 3.70. The summed E-state index contributed by atoms with van der Waals surface area (Å²) in [7, 11) is 0. The Morgan fingerprint density at radius 1 is 1.05 bits per heavy atom. The lowest BCUT2D eigenvalue weighted by Crippen LogP contribution is -2.53. The number of hydrogen-bond donors (Lipinski definition) is 1. The van der Waals surface area contributed by atoms with Crippen molar-refractivity contribution in [1.82, 2.24) is 5.32 Å². The molecule has 0 unspecified atom stereocenters. The molecule has 0 atom stereocenters.